The first-order valence-electron chi connectivity index (χ1n) is 5.36. The van der Waals surface area contributed by atoms with Gasteiger partial charge in [-0.25, -0.2) is 0 Å². The lowest BCUT2D eigenvalue weighted by Gasteiger charge is -2.31. The van der Waals surface area contributed by atoms with Crippen LogP contribution in [0.1, 0.15) is 19.4 Å². The molecule has 0 bridgehead atoms. The molecule has 0 unspecified atom stereocenters. The van der Waals surface area contributed by atoms with Crippen LogP contribution in [0.25, 0.3) is 0 Å². The summed E-state index contributed by atoms with van der Waals surface area (Å²) < 4.78 is 0. The van der Waals surface area contributed by atoms with Gasteiger partial charge in [0, 0.05) is 14.1 Å². The minimum absolute atomic E-state index is 0.0751. The van der Waals surface area contributed by atoms with Crippen molar-refractivity contribution in [2.45, 2.75) is 19.4 Å². The van der Waals surface area contributed by atoms with Crippen LogP contribution in [-0.2, 0) is 10.4 Å². The zero-order valence-corrected chi connectivity index (χ0v) is 10.3. The predicted molar refractivity (Wildman–Crippen MR) is 63.9 cm³/mol. The minimum atomic E-state index is -1.14. The van der Waals surface area contributed by atoms with Crippen molar-refractivity contribution in [3.8, 4) is 0 Å². The van der Waals surface area contributed by atoms with Crippen molar-refractivity contribution in [1.82, 2.24) is 4.90 Å². The fraction of sp³-hybridized carbons (Fsp3) is 0.462. The number of hydrogen-bond acceptors (Lipinski definition) is 2. The van der Waals surface area contributed by atoms with Crippen molar-refractivity contribution in [2.75, 3.05) is 14.1 Å². The molecule has 1 rings (SSSR count). The van der Waals surface area contributed by atoms with Gasteiger partial charge in [0.25, 0.3) is 0 Å². The summed E-state index contributed by atoms with van der Waals surface area (Å²) in [6.45, 7) is 3.42. The van der Waals surface area contributed by atoms with Crippen LogP contribution in [0, 0.1) is 5.92 Å². The quantitative estimate of drug-likeness (QED) is 0.842. The molecule has 16 heavy (non-hydrogen) atoms. The van der Waals surface area contributed by atoms with Gasteiger partial charge in [0.05, 0.1) is 11.5 Å². The second kappa shape index (κ2) is 4.66. The molecule has 1 aromatic rings. The second-order valence-corrected chi connectivity index (χ2v) is 4.47. The van der Waals surface area contributed by atoms with Gasteiger partial charge in [-0.1, -0.05) is 37.3 Å². The molecule has 88 valence electrons. The third kappa shape index (κ3) is 2.42. The van der Waals surface area contributed by atoms with Gasteiger partial charge in [-0.05, 0) is 12.5 Å². The van der Waals surface area contributed by atoms with E-state index in [-0.39, 0.29) is 5.91 Å². The Labute approximate surface area is 96.7 Å². The molecule has 1 amide bonds. The summed E-state index contributed by atoms with van der Waals surface area (Å²) in [5, 5.41) is 10.4. The monoisotopic (exact) mass is 221 g/mol. The Morgan fingerprint density at radius 3 is 2.25 bits per heavy atom. The highest BCUT2D eigenvalue weighted by Crippen LogP contribution is 2.29. The molecule has 3 nitrogen and oxygen atoms in total. The van der Waals surface area contributed by atoms with Crippen molar-refractivity contribution in [1.29, 1.82) is 0 Å². The topological polar surface area (TPSA) is 40.5 Å². The second-order valence-electron chi connectivity index (χ2n) is 4.47. The van der Waals surface area contributed by atoms with Crippen LogP contribution in [0.5, 0.6) is 0 Å². The van der Waals surface area contributed by atoms with Crippen LogP contribution in [0.2, 0.25) is 0 Å². The Kier molecular flexibility index (Phi) is 3.70. The number of rotatable bonds is 3. The van der Waals surface area contributed by atoms with Crippen LogP contribution >= 0.6 is 0 Å². The molecule has 1 N–H and O–H groups in total. The average molecular weight is 221 g/mol. The van der Waals surface area contributed by atoms with Crippen molar-refractivity contribution in [3.05, 3.63) is 35.9 Å². The Morgan fingerprint density at radius 1 is 1.31 bits per heavy atom. The summed E-state index contributed by atoms with van der Waals surface area (Å²) in [6.07, 6.45) is 0. The number of carbonyl (C=O) groups is 1. The molecule has 0 aliphatic carbocycles. The Balaban J connectivity index is 2.98. The van der Waals surface area contributed by atoms with Crippen molar-refractivity contribution < 1.29 is 9.90 Å². The highest BCUT2D eigenvalue weighted by Gasteiger charge is 2.35. The molecular weight excluding hydrogens is 202 g/mol. The molecule has 0 aromatic heterocycles. The van der Waals surface area contributed by atoms with Gasteiger partial charge in [-0.2, -0.15) is 0 Å². The number of hydrogen-bond donors (Lipinski definition) is 1. The van der Waals surface area contributed by atoms with Crippen LogP contribution in [0.15, 0.2) is 30.3 Å². The van der Waals surface area contributed by atoms with Gasteiger partial charge < -0.3 is 10.0 Å². The summed E-state index contributed by atoms with van der Waals surface area (Å²) in [5.74, 6) is -0.543. The normalized spacial score (nSPS) is 16.3. The van der Waals surface area contributed by atoms with E-state index in [4.69, 9.17) is 0 Å². The van der Waals surface area contributed by atoms with Crippen LogP contribution in [-0.4, -0.2) is 30.0 Å². The Hall–Kier alpha value is -1.35. The van der Waals surface area contributed by atoms with Crippen LogP contribution in [0.3, 0.4) is 0 Å². The summed E-state index contributed by atoms with van der Waals surface area (Å²) in [6, 6.07) is 9.27. The molecule has 0 aliphatic rings. The summed E-state index contributed by atoms with van der Waals surface area (Å²) in [7, 11) is 3.39. The van der Waals surface area contributed by atoms with Gasteiger partial charge in [-0.15, -0.1) is 0 Å². The zero-order chi connectivity index (χ0) is 12.3. The van der Waals surface area contributed by atoms with E-state index in [9.17, 15) is 9.90 Å². The Bertz CT molecular complexity index is 357. The van der Waals surface area contributed by atoms with E-state index in [2.05, 4.69) is 0 Å². The first-order chi connectivity index (χ1) is 7.37. The largest absolute Gasteiger partial charge is 0.385 e. The third-order valence-corrected chi connectivity index (χ3v) is 3.01. The highest BCUT2D eigenvalue weighted by molar-refractivity contribution is 5.79. The zero-order valence-electron chi connectivity index (χ0n) is 10.3. The number of aliphatic hydroxyl groups is 1. The molecule has 1 aromatic carbocycles. The first-order valence-corrected chi connectivity index (χ1v) is 5.36. The molecule has 0 fully saturated rings. The van der Waals surface area contributed by atoms with E-state index >= 15 is 0 Å². The lowest BCUT2D eigenvalue weighted by atomic mass is 9.83. The fourth-order valence-electron chi connectivity index (χ4n) is 1.65. The van der Waals surface area contributed by atoms with E-state index < -0.39 is 11.5 Å². The minimum Gasteiger partial charge on any atom is -0.385 e. The van der Waals surface area contributed by atoms with Crippen LogP contribution in [0.4, 0.5) is 0 Å². The van der Waals surface area contributed by atoms with Gasteiger partial charge in [0.2, 0.25) is 5.91 Å². The number of amides is 1. The number of carbonyl (C=O) groups excluding carboxylic acids is 1. The average Bonchev–Trinajstić information content (AvgIpc) is 2.28. The van der Waals surface area contributed by atoms with Crippen molar-refractivity contribution in [2.24, 2.45) is 5.92 Å². The van der Waals surface area contributed by atoms with Gasteiger partial charge in [-0.3, -0.25) is 4.79 Å². The predicted octanol–water partition coefficient (Wildman–Crippen LogP) is 1.62. The summed E-state index contributed by atoms with van der Waals surface area (Å²) in [5.41, 5.74) is -0.375. The first kappa shape index (κ1) is 12.7. The molecular formula is C13H19NO2. The van der Waals surface area contributed by atoms with Gasteiger partial charge in [0.1, 0.15) is 0 Å². The highest BCUT2D eigenvalue weighted by atomic mass is 16.3. The molecule has 2 atom stereocenters. The van der Waals surface area contributed by atoms with E-state index in [1.165, 1.54) is 4.90 Å². The molecule has 0 aliphatic heterocycles. The van der Waals surface area contributed by atoms with E-state index in [1.54, 1.807) is 27.9 Å². The molecule has 3 heteroatoms. The van der Waals surface area contributed by atoms with E-state index in [0.29, 0.717) is 0 Å². The number of benzene rings is 1. The molecule has 0 heterocycles. The maximum absolute atomic E-state index is 11.8. The third-order valence-electron chi connectivity index (χ3n) is 3.01. The SMILES string of the molecule is C[C@H](C(=O)N(C)C)[C@](C)(O)c1ccccc1. The number of nitrogens with zero attached hydrogens (tertiary/aromatic N) is 1. The van der Waals surface area contributed by atoms with E-state index in [1.807, 2.05) is 30.3 Å². The van der Waals surface area contributed by atoms with Gasteiger partial charge in [0.15, 0.2) is 0 Å². The van der Waals surface area contributed by atoms with E-state index in [0.717, 1.165) is 5.56 Å². The lowest BCUT2D eigenvalue weighted by molar-refractivity contribution is -0.141. The maximum atomic E-state index is 11.8. The summed E-state index contributed by atoms with van der Waals surface area (Å²) in [4.78, 5) is 13.3. The summed E-state index contributed by atoms with van der Waals surface area (Å²) >= 11 is 0. The van der Waals surface area contributed by atoms with Crippen molar-refractivity contribution in [3.63, 3.8) is 0 Å². The maximum Gasteiger partial charge on any atom is 0.228 e. The lowest BCUT2D eigenvalue weighted by Crippen LogP contribution is -2.41. The fourth-order valence-corrected chi connectivity index (χ4v) is 1.65. The molecule has 0 spiro atoms. The molecule has 0 saturated heterocycles. The van der Waals surface area contributed by atoms with Gasteiger partial charge >= 0.3 is 0 Å². The smallest absolute Gasteiger partial charge is 0.228 e. The van der Waals surface area contributed by atoms with Crippen molar-refractivity contribution >= 4 is 5.91 Å². The molecule has 0 saturated carbocycles. The Morgan fingerprint density at radius 2 is 1.81 bits per heavy atom. The molecule has 0 radical (unpaired) electrons. The van der Waals surface area contributed by atoms with Crippen LogP contribution < -0.4 is 0 Å². The standard InChI is InChI=1S/C13H19NO2/c1-10(12(15)14(3)4)13(2,16)11-8-6-5-7-9-11/h5-10,16H,1-4H3/t10-,13+/m1/s1.